The van der Waals surface area contributed by atoms with Crippen molar-refractivity contribution in [2.24, 2.45) is 5.73 Å². The Morgan fingerprint density at radius 1 is 1.61 bits per heavy atom. The van der Waals surface area contributed by atoms with Crippen LogP contribution in [0, 0.1) is 6.92 Å². The summed E-state index contributed by atoms with van der Waals surface area (Å²) in [5.41, 5.74) is 5.86. The van der Waals surface area contributed by atoms with Gasteiger partial charge in [0.2, 0.25) is 5.91 Å². The first-order valence-electron chi connectivity index (χ1n) is 5.55. The van der Waals surface area contributed by atoms with Gasteiger partial charge >= 0.3 is 0 Å². The molecule has 0 saturated carbocycles. The fourth-order valence-corrected chi connectivity index (χ4v) is 1.44. The first-order chi connectivity index (χ1) is 8.49. The number of primary amides is 1. The van der Waals surface area contributed by atoms with E-state index < -0.39 is 12.0 Å². The Kier molecular flexibility index (Phi) is 5.91. The molecule has 1 rings (SSSR count). The van der Waals surface area contributed by atoms with Crippen LogP contribution in [0.15, 0.2) is 18.2 Å². The van der Waals surface area contributed by atoms with Gasteiger partial charge in [0.05, 0.1) is 6.54 Å². The SMILES string of the molecule is Cc1cc(OCC(O)CNCC(N)=O)ccc1Cl. The summed E-state index contributed by atoms with van der Waals surface area (Å²) in [6.07, 6.45) is -0.708. The monoisotopic (exact) mass is 272 g/mol. The summed E-state index contributed by atoms with van der Waals surface area (Å²) in [6.45, 7) is 2.29. The molecule has 0 aromatic heterocycles. The third-order valence-electron chi connectivity index (χ3n) is 2.25. The minimum Gasteiger partial charge on any atom is -0.491 e. The Hall–Kier alpha value is -1.30. The molecule has 0 radical (unpaired) electrons. The second kappa shape index (κ2) is 7.20. The number of halogens is 1. The summed E-state index contributed by atoms with van der Waals surface area (Å²) >= 11 is 5.88. The van der Waals surface area contributed by atoms with Crippen molar-refractivity contribution in [1.82, 2.24) is 5.32 Å². The molecule has 1 atom stereocenters. The summed E-state index contributed by atoms with van der Waals surface area (Å²) in [5, 5.41) is 13.0. The van der Waals surface area contributed by atoms with Gasteiger partial charge in [-0.1, -0.05) is 11.6 Å². The van der Waals surface area contributed by atoms with E-state index >= 15 is 0 Å². The van der Waals surface area contributed by atoms with Gasteiger partial charge in [-0.25, -0.2) is 0 Å². The number of aryl methyl sites for hydroxylation is 1. The van der Waals surface area contributed by atoms with E-state index in [1.807, 2.05) is 6.92 Å². The third kappa shape index (κ3) is 5.35. The predicted octanol–water partition coefficient (Wildman–Crippen LogP) is 0.463. The molecule has 1 unspecified atom stereocenters. The molecule has 0 heterocycles. The smallest absolute Gasteiger partial charge is 0.231 e. The molecule has 1 aromatic carbocycles. The summed E-state index contributed by atoms with van der Waals surface area (Å²) in [4.78, 5) is 10.5. The number of nitrogens with two attached hydrogens (primary N) is 1. The van der Waals surface area contributed by atoms with Crippen LogP contribution in [0.5, 0.6) is 5.75 Å². The molecular formula is C12H17ClN2O3. The van der Waals surface area contributed by atoms with Crippen LogP contribution < -0.4 is 15.8 Å². The van der Waals surface area contributed by atoms with Crippen molar-refractivity contribution in [3.63, 3.8) is 0 Å². The fourth-order valence-electron chi connectivity index (χ4n) is 1.32. The highest BCUT2D eigenvalue weighted by Crippen LogP contribution is 2.20. The van der Waals surface area contributed by atoms with Crippen molar-refractivity contribution in [2.45, 2.75) is 13.0 Å². The van der Waals surface area contributed by atoms with Crippen LogP contribution in [0.25, 0.3) is 0 Å². The van der Waals surface area contributed by atoms with Crippen molar-refractivity contribution in [2.75, 3.05) is 19.7 Å². The van der Waals surface area contributed by atoms with E-state index in [1.54, 1.807) is 18.2 Å². The number of hydrogen-bond acceptors (Lipinski definition) is 4. The normalized spacial score (nSPS) is 12.2. The van der Waals surface area contributed by atoms with Gasteiger partial charge < -0.3 is 20.9 Å². The minimum absolute atomic E-state index is 0.0388. The lowest BCUT2D eigenvalue weighted by Gasteiger charge is -2.13. The van der Waals surface area contributed by atoms with Crippen LogP contribution in [0.1, 0.15) is 5.56 Å². The summed E-state index contributed by atoms with van der Waals surface area (Å²) < 4.78 is 5.40. The Bertz CT molecular complexity index is 412. The van der Waals surface area contributed by atoms with Gasteiger partial charge in [-0.05, 0) is 30.7 Å². The van der Waals surface area contributed by atoms with Crippen LogP contribution in [-0.4, -0.2) is 36.8 Å². The van der Waals surface area contributed by atoms with E-state index in [1.165, 1.54) is 0 Å². The molecule has 0 aliphatic rings. The molecule has 5 nitrogen and oxygen atoms in total. The number of benzene rings is 1. The molecule has 0 aliphatic carbocycles. The Morgan fingerprint density at radius 2 is 2.33 bits per heavy atom. The zero-order valence-corrected chi connectivity index (χ0v) is 10.9. The van der Waals surface area contributed by atoms with Crippen LogP contribution in [0.3, 0.4) is 0 Å². The molecule has 18 heavy (non-hydrogen) atoms. The van der Waals surface area contributed by atoms with E-state index in [0.29, 0.717) is 10.8 Å². The highest BCUT2D eigenvalue weighted by molar-refractivity contribution is 6.31. The summed E-state index contributed by atoms with van der Waals surface area (Å²) in [5.74, 6) is 0.183. The molecule has 0 spiro atoms. The number of ether oxygens (including phenoxy) is 1. The molecule has 4 N–H and O–H groups in total. The van der Waals surface area contributed by atoms with Crippen LogP contribution in [-0.2, 0) is 4.79 Å². The molecule has 0 fully saturated rings. The lowest BCUT2D eigenvalue weighted by molar-refractivity contribution is -0.117. The topological polar surface area (TPSA) is 84.6 Å². The number of aliphatic hydroxyl groups is 1. The molecule has 6 heteroatoms. The number of hydrogen-bond donors (Lipinski definition) is 3. The van der Waals surface area contributed by atoms with Crippen LogP contribution in [0.4, 0.5) is 0 Å². The maximum Gasteiger partial charge on any atom is 0.231 e. The van der Waals surface area contributed by atoms with Gasteiger partial charge in [0.25, 0.3) is 0 Å². The van der Waals surface area contributed by atoms with E-state index in [9.17, 15) is 9.90 Å². The van der Waals surface area contributed by atoms with E-state index in [0.717, 1.165) is 5.56 Å². The first kappa shape index (κ1) is 14.8. The molecule has 100 valence electrons. The Morgan fingerprint density at radius 3 is 2.94 bits per heavy atom. The number of aliphatic hydroxyl groups excluding tert-OH is 1. The van der Waals surface area contributed by atoms with Crippen molar-refractivity contribution in [3.05, 3.63) is 28.8 Å². The molecule has 1 amide bonds. The number of rotatable bonds is 7. The fraction of sp³-hybridized carbons (Fsp3) is 0.417. The third-order valence-corrected chi connectivity index (χ3v) is 2.68. The molecule has 0 saturated heterocycles. The predicted molar refractivity (Wildman–Crippen MR) is 69.8 cm³/mol. The van der Waals surface area contributed by atoms with E-state index in [2.05, 4.69) is 5.32 Å². The summed E-state index contributed by atoms with van der Waals surface area (Å²) in [7, 11) is 0. The lowest BCUT2D eigenvalue weighted by Crippen LogP contribution is -2.36. The van der Waals surface area contributed by atoms with Crippen molar-refractivity contribution in [1.29, 1.82) is 0 Å². The molecule has 1 aromatic rings. The zero-order chi connectivity index (χ0) is 13.5. The number of amides is 1. The average Bonchev–Trinajstić information content (AvgIpc) is 2.30. The average molecular weight is 273 g/mol. The highest BCUT2D eigenvalue weighted by Gasteiger charge is 2.06. The zero-order valence-electron chi connectivity index (χ0n) is 10.1. The molecule has 0 aliphatic heterocycles. The maximum absolute atomic E-state index is 10.5. The first-order valence-corrected chi connectivity index (χ1v) is 5.93. The standard InChI is InChI=1S/C12H17ClN2O3/c1-8-4-10(2-3-11(8)13)18-7-9(16)5-15-6-12(14)17/h2-4,9,15-16H,5-7H2,1H3,(H2,14,17). The van der Waals surface area contributed by atoms with E-state index in [-0.39, 0.29) is 19.7 Å². The lowest BCUT2D eigenvalue weighted by atomic mass is 10.2. The molecule has 0 bridgehead atoms. The van der Waals surface area contributed by atoms with Gasteiger partial charge in [-0.2, -0.15) is 0 Å². The maximum atomic E-state index is 10.5. The van der Waals surface area contributed by atoms with Gasteiger partial charge in [0.1, 0.15) is 18.5 Å². The van der Waals surface area contributed by atoms with E-state index in [4.69, 9.17) is 22.1 Å². The van der Waals surface area contributed by atoms with Gasteiger partial charge in [-0.15, -0.1) is 0 Å². The number of nitrogens with one attached hydrogen (secondary N) is 1. The Labute approximate surface area is 111 Å². The minimum atomic E-state index is -0.708. The largest absolute Gasteiger partial charge is 0.491 e. The van der Waals surface area contributed by atoms with Gasteiger partial charge in [0.15, 0.2) is 0 Å². The van der Waals surface area contributed by atoms with Crippen LogP contribution >= 0.6 is 11.6 Å². The van der Waals surface area contributed by atoms with Crippen molar-refractivity contribution < 1.29 is 14.6 Å². The van der Waals surface area contributed by atoms with Gasteiger partial charge in [-0.3, -0.25) is 4.79 Å². The second-order valence-corrected chi connectivity index (χ2v) is 4.38. The number of carbonyl (C=O) groups excluding carboxylic acids is 1. The Balaban J connectivity index is 2.31. The highest BCUT2D eigenvalue weighted by atomic mass is 35.5. The van der Waals surface area contributed by atoms with Gasteiger partial charge in [0, 0.05) is 11.6 Å². The summed E-state index contributed by atoms with van der Waals surface area (Å²) in [6, 6.07) is 5.27. The van der Waals surface area contributed by atoms with Crippen molar-refractivity contribution in [3.8, 4) is 5.75 Å². The quantitative estimate of drug-likeness (QED) is 0.673. The second-order valence-electron chi connectivity index (χ2n) is 3.97. The van der Waals surface area contributed by atoms with Crippen LogP contribution in [0.2, 0.25) is 5.02 Å². The van der Waals surface area contributed by atoms with Crippen molar-refractivity contribution >= 4 is 17.5 Å². The molecular weight excluding hydrogens is 256 g/mol. The number of carbonyl (C=O) groups is 1.